The largest absolute Gasteiger partial charge is 0.487 e. The summed E-state index contributed by atoms with van der Waals surface area (Å²) in [6.45, 7) is 0.442. The Labute approximate surface area is 82.4 Å². The van der Waals surface area contributed by atoms with Gasteiger partial charge in [-0.1, -0.05) is 12.1 Å². The van der Waals surface area contributed by atoms with Crippen molar-refractivity contribution in [3.05, 3.63) is 54.4 Å². The van der Waals surface area contributed by atoms with Gasteiger partial charge in [0.25, 0.3) is 0 Å². The van der Waals surface area contributed by atoms with Gasteiger partial charge in [-0.15, -0.1) is 0 Å². The number of hydrogen-bond acceptors (Lipinski definition) is 3. The molecule has 2 aromatic rings. The Bertz CT molecular complexity index is 336. The molecule has 0 fully saturated rings. The maximum absolute atomic E-state index is 5.47. The van der Waals surface area contributed by atoms with Gasteiger partial charge in [0.15, 0.2) is 0 Å². The fraction of sp³-hybridized carbons (Fsp3) is 0.0909. The fourth-order valence-electron chi connectivity index (χ4n) is 1.04. The van der Waals surface area contributed by atoms with Crippen LogP contribution in [0.5, 0.6) is 5.75 Å². The Morgan fingerprint density at radius 3 is 2.79 bits per heavy atom. The lowest BCUT2D eigenvalue weighted by atomic mass is 10.3. The van der Waals surface area contributed by atoms with Crippen molar-refractivity contribution < 1.29 is 4.74 Å². The lowest BCUT2D eigenvalue weighted by Gasteiger charge is -2.03. The molecule has 0 aliphatic rings. The van der Waals surface area contributed by atoms with E-state index in [0.29, 0.717) is 6.61 Å². The second-order valence-corrected chi connectivity index (χ2v) is 2.74. The van der Waals surface area contributed by atoms with E-state index in [2.05, 4.69) is 16.3 Å². The van der Waals surface area contributed by atoms with Gasteiger partial charge >= 0.3 is 0 Å². The van der Waals surface area contributed by atoms with Crippen molar-refractivity contribution >= 4 is 0 Å². The molecule has 1 radical (unpaired) electrons. The Morgan fingerprint density at radius 2 is 2.07 bits per heavy atom. The van der Waals surface area contributed by atoms with Crippen LogP contribution in [0, 0.1) is 6.07 Å². The van der Waals surface area contributed by atoms with Crippen LogP contribution in [0.1, 0.15) is 5.69 Å². The molecule has 1 heterocycles. The molecule has 3 heteroatoms. The molecule has 0 amide bonds. The molecular weight excluding hydrogens is 176 g/mol. The Kier molecular flexibility index (Phi) is 2.71. The topological polar surface area (TPSA) is 35.0 Å². The van der Waals surface area contributed by atoms with Gasteiger partial charge in [-0.2, -0.15) is 10.2 Å². The van der Waals surface area contributed by atoms with Crippen LogP contribution in [0.2, 0.25) is 0 Å². The van der Waals surface area contributed by atoms with Crippen LogP contribution in [0.4, 0.5) is 0 Å². The number of hydrogen-bond donors (Lipinski definition) is 0. The molecule has 0 saturated heterocycles. The number of aromatic nitrogens is 2. The lowest BCUT2D eigenvalue weighted by molar-refractivity contribution is 0.300. The predicted molar refractivity (Wildman–Crippen MR) is 51.6 cm³/mol. The standard InChI is InChI=1S/C11H9N2O/c1-2-6-11(7-3-1)14-9-10-5-4-8-12-13-10/h2-8H,9H2. The third-order valence-corrected chi connectivity index (χ3v) is 1.70. The zero-order valence-electron chi connectivity index (χ0n) is 7.55. The molecule has 0 saturated carbocycles. The highest BCUT2D eigenvalue weighted by molar-refractivity contribution is 5.20. The number of ether oxygens (including phenoxy) is 1. The van der Waals surface area contributed by atoms with Crippen LogP contribution in [0.3, 0.4) is 0 Å². The molecule has 0 bridgehead atoms. The molecule has 0 aliphatic heterocycles. The molecule has 3 nitrogen and oxygen atoms in total. The summed E-state index contributed by atoms with van der Waals surface area (Å²) in [6, 6.07) is 14.0. The first-order valence-electron chi connectivity index (χ1n) is 4.30. The first-order chi connectivity index (χ1) is 6.95. The van der Waals surface area contributed by atoms with Crippen LogP contribution in [0.15, 0.2) is 42.6 Å². The van der Waals surface area contributed by atoms with Crippen LogP contribution >= 0.6 is 0 Å². The van der Waals surface area contributed by atoms with Gasteiger partial charge in [0.1, 0.15) is 18.1 Å². The number of rotatable bonds is 3. The summed E-state index contributed by atoms with van der Waals surface area (Å²) in [4.78, 5) is 0. The quantitative estimate of drug-likeness (QED) is 0.732. The SMILES string of the molecule is [c]1ccc(OCc2cccnn2)cc1. The van der Waals surface area contributed by atoms with Gasteiger partial charge in [-0.05, 0) is 30.3 Å². The Balaban J connectivity index is 1.96. The summed E-state index contributed by atoms with van der Waals surface area (Å²) in [5.74, 6) is 0.814. The van der Waals surface area contributed by atoms with E-state index in [1.54, 1.807) is 6.20 Å². The molecule has 2 rings (SSSR count). The van der Waals surface area contributed by atoms with E-state index in [9.17, 15) is 0 Å². The summed E-state index contributed by atoms with van der Waals surface area (Å²) in [5.41, 5.74) is 0.820. The molecule has 0 aliphatic carbocycles. The maximum atomic E-state index is 5.47. The van der Waals surface area contributed by atoms with Crippen molar-refractivity contribution in [1.29, 1.82) is 0 Å². The van der Waals surface area contributed by atoms with Gasteiger partial charge < -0.3 is 4.74 Å². The van der Waals surface area contributed by atoms with E-state index < -0.39 is 0 Å². The Hall–Kier alpha value is -1.90. The minimum atomic E-state index is 0.442. The first-order valence-corrected chi connectivity index (χ1v) is 4.30. The minimum absolute atomic E-state index is 0.442. The molecule has 1 aromatic carbocycles. The molecule has 14 heavy (non-hydrogen) atoms. The van der Waals surface area contributed by atoms with Crippen molar-refractivity contribution in [3.63, 3.8) is 0 Å². The van der Waals surface area contributed by atoms with Crippen molar-refractivity contribution in [1.82, 2.24) is 10.2 Å². The summed E-state index contributed by atoms with van der Waals surface area (Å²) in [5, 5.41) is 7.67. The van der Waals surface area contributed by atoms with Crippen LogP contribution in [0.25, 0.3) is 0 Å². The average molecular weight is 185 g/mol. The molecule has 0 unspecified atom stereocenters. The third kappa shape index (κ3) is 2.29. The summed E-state index contributed by atoms with van der Waals surface area (Å²) in [7, 11) is 0. The third-order valence-electron chi connectivity index (χ3n) is 1.70. The molecule has 69 valence electrons. The monoisotopic (exact) mass is 185 g/mol. The molecule has 0 spiro atoms. The van der Waals surface area contributed by atoms with E-state index in [1.807, 2.05) is 36.4 Å². The van der Waals surface area contributed by atoms with Gasteiger partial charge in [0.2, 0.25) is 0 Å². The van der Waals surface area contributed by atoms with Crippen molar-refractivity contribution in [2.75, 3.05) is 0 Å². The van der Waals surface area contributed by atoms with Crippen molar-refractivity contribution in [2.45, 2.75) is 6.61 Å². The van der Waals surface area contributed by atoms with E-state index in [1.165, 1.54) is 0 Å². The smallest absolute Gasteiger partial charge is 0.132 e. The van der Waals surface area contributed by atoms with Crippen LogP contribution < -0.4 is 4.74 Å². The molecule has 0 N–H and O–H groups in total. The molecule has 1 aromatic heterocycles. The summed E-state index contributed by atoms with van der Waals surface area (Å²) in [6.07, 6.45) is 1.64. The fourth-order valence-corrected chi connectivity index (χ4v) is 1.04. The summed E-state index contributed by atoms with van der Waals surface area (Å²) >= 11 is 0. The van der Waals surface area contributed by atoms with E-state index in [0.717, 1.165) is 11.4 Å². The average Bonchev–Trinajstić information content (AvgIpc) is 2.29. The second-order valence-electron chi connectivity index (χ2n) is 2.74. The van der Waals surface area contributed by atoms with E-state index >= 15 is 0 Å². The van der Waals surface area contributed by atoms with Gasteiger partial charge in [-0.3, -0.25) is 0 Å². The van der Waals surface area contributed by atoms with Gasteiger partial charge in [0, 0.05) is 6.20 Å². The predicted octanol–water partition coefficient (Wildman–Crippen LogP) is 1.86. The highest BCUT2D eigenvalue weighted by atomic mass is 16.5. The molecular formula is C11H9N2O. The maximum Gasteiger partial charge on any atom is 0.132 e. The van der Waals surface area contributed by atoms with Crippen LogP contribution in [-0.4, -0.2) is 10.2 Å². The zero-order valence-corrected chi connectivity index (χ0v) is 7.55. The summed E-state index contributed by atoms with van der Waals surface area (Å²) < 4.78 is 5.47. The van der Waals surface area contributed by atoms with Crippen molar-refractivity contribution in [3.8, 4) is 5.75 Å². The normalized spacial score (nSPS) is 9.71. The second kappa shape index (κ2) is 4.37. The Morgan fingerprint density at radius 1 is 1.21 bits per heavy atom. The highest BCUT2D eigenvalue weighted by Crippen LogP contribution is 2.09. The van der Waals surface area contributed by atoms with Gasteiger partial charge in [-0.25, -0.2) is 0 Å². The first kappa shape index (κ1) is 8.69. The minimum Gasteiger partial charge on any atom is -0.487 e. The van der Waals surface area contributed by atoms with Crippen LogP contribution in [-0.2, 0) is 6.61 Å². The number of nitrogens with zero attached hydrogens (tertiary/aromatic N) is 2. The van der Waals surface area contributed by atoms with Gasteiger partial charge in [0.05, 0.1) is 0 Å². The number of benzene rings is 1. The zero-order chi connectivity index (χ0) is 9.64. The van der Waals surface area contributed by atoms with Crippen molar-refractivity contribution in [2.24, 2.45) is 0 Å². The molecule has 0 atom stereocenters. The highest BCUT2D eigenvalue weighted by Gasteiger charge is 1.95. The van der Waals surface area contributed by atoms with E-state index in [4.69, 9.17) is 4.74 Å². The lowest BCUT2D eigenvalue weighted by Crippen LogP contribution is -1.98. The van der Waals surface area contributed by atoms with E-state index in [-0.39, 0.29) is 0 Å².